The molecule has 0 spiro atoms. The van der Waals surface area contributed by atoms with Gasteiger partial charge in [0.2, 0.25) is 0 Å². The van der Waals surface area contributed by atoms with Crippen LogP contribution in [0.25, 0.3) is 86.8 Å². The van der Waals surface area contributed by atoms with E-state index in [1.807, 2.05) is 11.3 Å². The van der Waals surface area contributed by atoms with Crippen molar-refractivity contribution in [3.63, 3.8) is 0 Å². The van der Waals surface area contributed by atoms with E-state index >= 15 is 0 Å². The Morgan fingerprint density at radius 1 is 0.312 bits per heavy atom. The molecular weight excluding hydrogens is 813 g/mol. The minimum atomic E-state index is -2.98. The van der Waals surface area contributed by atoms with Gasteiger partial charge in [-0.05, 0) is 57.1 Å². The lowest BCUT2D eigenvalue weighted by Crippen LogP contribution is -2.74. The third-order valence-electron chi connectivity index (χ3n) is 13.1. The molecule has 0 bridgehead atoms. The van der Waals surface area contributed by atoms with Crippen molar-refractivity contribution in [2.24, 2.45) is 0 Å². The van der Waals surface area contributed by atoms with Crippen LogP contribution in [-0.2, 0) is 0 Å². The van der Waals surface area contributed by atoms with E-state index < -0.39 is 8.07 Å². The van der Waals surface area contributed by atoms with Crippen LogP contribution in [0.1, 0.15) is 0 Å². The summed E-state index contributed by atoms with van der Waals surface area (Å²) in [5, 5.41) is 12.6. The van der Waals surface area contributed by atoms with Crippen LogP contribution in [0.4, 0.5) is 0 Å². The molecule has 64 heavy (non-hydrogen) atoms. The Morgan fingerprint density at radius 3 is 1.27 bits per heavy atom. The van der Waals surface area contributed by atoms with E-state index in [0.29, 0.717) is 5.82 Å². The molecule has 9 aromatic carbocycles. The standard InChI is InChI=1S/C58H38N4SSi/c1-3-19-40(20-4-1)64(41-21-5-2-6-22-41,43-34-35-55-49(37-43)48-28-11-16-33-54(48)63-55)42-23-17-18-39(36-42)58-59-56(61-50-29-12-7-24-44(50)45-25-8-13-30-51(45)61)38-57(60-58)62-52-31-14-9-26-46(52)47-27-10-15-32-53(47)62/h1-38H. The van der Waals surface area contributed by atoms with Crippen molar-refractivity contribution in [2.75, 3.05) is 0 Å². The first-order valence-corrected chi connectivity index (χ1v) is 24.6. The molecule has 13 aromatic rings. The zero-order chi connectivity index (χ0) is 42.2. The summed E-state index contributed by atoms with van der Waals surface area (Å²) in [5.41, 5.74) is 5.38. The smallest absolute Gasteiger partial charge is 0.179 e. The fourth-order valence-electron chi connectivity index (χ4n) is 10.3. The highest BCUT2D eigenvalue weighted by atomic mass is 32.1. The fraction of sp³-hybridized carbons (Fsp3) is 0. The van der Waals surface area contributed by atoms with E-state index in [-0.39, 0.29) is 0 Å². The van der Waals surface area contributed by atoms with Gasteiger partial charge in [0.05, 0.1) is 22.1 Å². The second-order valence-electron chi connectivity index (χ2n) is 16.5. The minimum Gasteiger partial charge on any atom is -0.294 e. The number of hydrogen-bond acceptors (Lipinski definition) is 3. The summed E-state index contributed by atoms with van der Waals surface area (Å²) in [4.78, 5) is 11.2. The molecule has 4 nitrogen and oxygen atoms in total. The van der Waals surface area contributed by atoms with E-state index in [9.17, 15) is 0 Å². The van der Waals surface area contributed by atoms with Crippen LogP contribution in [0.5, 0.6) is 0 Å². The molecule has 0 amide bonds. The predicted molar refractivity (Wildman–Crippen MR) is 273 cm³/mol. The lowest BCUT2D eigenvalue weighted by atomic mass is 10.1. The van der Waals surface area contributed by atoms with Gasteiger partial charge in [0.15, 0.2) is 13.9 Å². The van der Waals surface area contributed by atoms with E-state index in [1.54, 1.807) is 0 Å². The number of thiophene rings is 1. The summed E-state index contributed by atoms with van der Waals surface area (Å²) in [6, 6.07) is 84.3. The fourth-order valence-corrected chi connectivity index (χ4v) is 16.2. The van der Waals surface area contributed by atoms with Crippen LogP contribution >= 0.6 is 11.3 Å². The lowest BCUT2D eigenvalue weighted by Gasteiger charge is -2.34. The van der Waals surface area contributed by atoms with Gasteiger partial charge in [-0.25, -0.2) is 9.97 Å². The third-order valence-corrected chi connectivity index (χ3v) is 19.0. The highest BCUT2D eigenvalue weighted by Crippen LogP contribution is 2.36. The van der Waals surface area contributed by atoms with Gasteiger partial charge in [0.1, 0.15) is 11.6 Å². The first-order valence-electron chi connectivity index (χ1n) is 21.7. The summed E-state index contributed by atoms with van der Waals surface area (Å²) in [5.74, 6) is 2.30. The molecule has 0 N–H and O–H groups in total. The van der Waals surface area contributed by atoms with E-state index in [4.69, 9.17) is 9.97 Å². The van der Waals surface area contributed by atoms with Crippen LogP contribution in [-0.4, -0.2) is 27.2 Å². The van der Waals surface area contributed by atoms with Crippen molar-refractivity contribution in [3.05, 3.63) is 231 Å². The predicted octanol–water partition coefficient (Wildman–Crippen LogP) is 12.1. The van der Waals surface area contributed by atoms with Crippen molar-refractivity contribution in [2.45, 2.75) is 0 Å². The largest absolute Gasteiger partial charge is 0.294 e. The molecule has 0 unspecified atom stereocenters. The van der Waals surface area contributed by atoms with Gasteiger partial charge >= 0.3 is 0 Å². The Kier molecular flexibility index (Phi) is 8.38. The SMILES string of the molecule is c1ccc([Si](c2ccccc2)(c2cccc(-c3nc(-n4c5ccccc5c5ccccc54)cc(-n4c5ccccc5c5ccccc54)n3)c2)c2ccc3sc4ccccc4c3c2)cc1. The molecule has 0 fully saturated rings. The number of benzene rings is 9. The zero-order valence-corrected chi connectivity index (χ0v) is 36.5. The Hall–Kier alpha value is -7.90. The first kappa shape index (κ1) is 36.7. The molecule has 4 aromatic heterocycles. The summed E-state index contributed by atoms with van der Waals surface area (Å²) in [6.07, 6.45) is 0. The van der Waals surface area contributed by atoms with Crippen LogP contribution < -0.4 is 20.7 Å². The normalized spacial score (nSPS) is 12.1. The van der Waals surface area contributed by atoms with Crippen LogP contribution in [0, 0.1) is 0 Å². The van der Waals surface area contributed by atoms with Gasteiger partial charge in [-0.15, -0.1) is 11.3 Å². The molecule has 13 rings (SSSR count). The lowest BCUT2D eigenvalue weighted by molar-refractivity contribution is 0.994. The van der Waals surface area contributed by atoms with Gasteiger partial charge in [0, 0.05) is 53.3 Å². The molecule has 0 atom stereocenters. The van der Waals surface area contributed by atoms with Gasteiger partial charge in [-0.3, -0.25) is 9.13 Å². The average molecular weight is 851 g/mol. The number of aromatic nitrogens is 4. The van der Waals surface area contributed by atoms with E-state index in [1.165, 1.54) is 62.5 Å². The highest BCUT2D eigenvalue weighted by Gasteiger charge is 2.42. The van der Waals surface area contributed by atoms with Crippen molar-refractivity contribution < 1.29 is 0 Å². The number of hydrogen-bond donors (Lipinski definition) is 0. The summed E-state index contributed by atoms with van der Waals surface area (Å²) < 4.78 is 7.23. The molecule has 6 heteroatoms. The molecule has 0 radical (unpaired) electrons. The third kappa shape index (κ3) is 5.53. The number of rotatable bonds is 7. The maximum atomic E-state index is 5.58. The highest BCUT2D eigenvalue weighted by molar-refractivity contribution is 7.26. The molecular formula is C58H38N4SSi. The second-order valence-corrected chi connectivity index (χ2v) is 21.4. The van der Waals surface area contributed by atoms with E-state index in [0.717, 1.165) is 39.3 Å². The Bertz CT molecular complexity index is 3640. The molecule has 300 valence electrons. The molecule has 0 aliphatic carbocycles. The monoisotopic (exact) mass is 850 g/mol. The topological polar surface area (TPSA) is 35.6 Å². The first-order chi connectivity index (χ1) is 31.7. The van der Waals surface area contributed by atoms with Gasteiger partial charge < -0.3 is 0 Å². The van der Waals surface area contributed by atoms with Crippen molar-refractivity contribution in [1.29, 1.82) is 0 Å². The van der Waals surface area contributed by atoms with Crippen LogP contribution in [0.2, 0.25) is 0 Å². The Balaban J connectivity index is 1.11. The Labute approximate surface area is 374 Å². The Morgan fingerprint density at radius 2 is 0.734 bits per heavy atom. The summed E-state index contributed by atoms with van der Waals surface area (Å²) >= 11 is 1.87. The van der Waals surface area contributed by atoms with Crippen molar-refractivity contribution >= 4 is 104 Å². The van der Waals surface area contributed by atoms with Crippen LogP contribution in [0.15, 0.2) is 231 Å². The zero-order valence-electron chi connectivity index (χ0n) is 34.6. The maximum absolute atomic E-state index is 5.58. The second kappa shape index (κ2) is 14.6. The number of nitrogens with zero attached hydrogens (tertiary/aromatic N) is 4. The van der Waals surface area contributed by atoms with Crippen molar-refractivity contribution in [3.8, 4) is 23.0 Å². The van der Waals surface area contributed by atoms with Gasteiger partial charge in [-0.2, -0.15) is 0 Å². The quantitative estimate of drug-likeness (QED) is 0.118. The minimum absolute atomic E-state index is 0.668. The van der Waals surface area contributed by atoms with Crippen LogP contribution in [0.3, 0.4) is 0 Å². The molecule has 0 saturated carbocycles. The average Bonchev–Trinajstić information content (AvgIpc) is 4.03. The molecule has 0 aliphatic rings. The molecule has 0 saturated heterocycles. The maximum Gasteiger partial charge on any atom is 0.179 e. The molecule has 0 aliphatic heterocycles. The van der Waals surface area contributed by atoms with Gasteiger partial charge in [-0.1, -0.05) is 188 Å². The van der Waals surface area contributed by atoms with E-state index in [2.05, 4.69) is 240 Å². The summed E-state index contributed by atoms with van der Waals surface area (Å²) in [6.45, 7) is 0. The summed E-state index contributed by atoms with van der Waals surface area (Å²) in [7, 11) is -2.98. The van der Waals surface area contributed by atoms with Crippen molar-refractivity contribution in [1.82, 2.24) is 19.1 Å². The number of para-hydroxylation sites is 4. The number of fused-ring (bicyclic) bond motifs is 9. The van der Waals surface area contributed by atoms with Gasteiger partial charge in [0.25, 0.3) is 0 Å². The molecule has 4 heterocycles.